The average Bonchev–Trinajstić information content (AvgIpc) is 2.70. The largest absolute Gasteiger partial charge is 0.349 e. The fraction of sp³-hybridized carbons (Fsp3) is 0.364. The van der Waals surface area contributed by atoms with Crippen molar-refractivity contribution in [1.82, 2.24) is 5.32 Å². The number of aryl methyl sites for hydroxylation is 1. The summed E-state index contributed by atoms with van der Waals surface area (Å²) in [7, 11) is 0. The summed E-state index contributed by atoms with van der Waals surface area (Å²) >= 11 is 1.38. The van der Waals surface area contributed by atoms with Gasteiger partial charge >= 0.3 is 0 Å². The Balaban J connectivity index is 0.00000300. The first kappa shape index (κ1) is 23.3. The Labute approximate surface area is 182 Å². The van der Waals surface area contributed by atoms with E-state index in [2.05, 4.69) is 10.6 Å². The van der Waals surface area contributed by atoms with E-state index in [0.717, 1.165) is 41.8 Å². The number of halogens is 1. The molecule has 2 amide bonds. The Morgan fingerprint density at radius 1 is 1.03 bits per heavy atom. The first-order chi connectivity index (χ1) is 13.5. The van der Waals surface area contributed by atoms with Crippen molar-refractivity contribution in [2.45, 2.75) is 49.6 Å². The quantitative estimate of drug-likeness (QED) is 0.597. The zero-order valence-electron chi connectivity index (χ0n) is 16.5. The molecule has 0 unspecified atom stereocenters. The van der Waals surface area contributed by atoms with Gasteiger partial charge in [0.05, 0.1) is 11.3 Å². The third-order valence-electron chi connectivity index (χ3n) is 4.93. The van der Waals surface area contributed by atoms with E-state index < -0.39 is 0 Å². The van der Waals surface area contributed by atoms with Crippen molar-refractivity contribution in [2.75, 3.05) is 11.1 Å². The van der Waals surface area contributed by atoms with Crippen LogP contribution in [0.25, 0.3) is 0 Å². The Morgan fingerprint density at radius 3 is 2.38 bits per heavy atom. The molecule has 0 heterocycles. The molecule has 2 aromatic carbocycles. The Hall–Kier alpha value is -2.02. The molecule has 4 N–H and O–H groups in total. The van der Waals surface area contributed by atoms with E-state index in [4.69, 9.17) is 5.73 Å². The van der Waals surface area contributed by atoms with Gasteiger partial charge in [-0.05, 0) is 56.9 Å². The summed E-state index contributed by atoms with van der Waals surface area (Å²) in [6.07, 6.45) is 3.73. The van der Waals surface area contributed by atoms with Crippen LogP contribution in [-0.4, -0.2) is 29.7 Å². The van der Waals surface area contributed by atoms with Crippen molar-refractivity contribution in [3.05, 3.63) is 59.7 Å². The van der Waals surface area contributed by atoms with E-state index in [-0.39, 0.29) is 42.1 Å². The lowest BCUT2D eigenvalue weighted by Crippen LogP contribution is -2.40. The smallest absolute Gasteiger partial charge is 0.252 e. The fourth-order valence-electron chi connectivity index (χ4n) is 3.28. The number of carbonyl (C=O) groups is 2. The van der Waals surface area contributed by atoms with Crippen molar-refractivity contribution >= 4 is 41.7 Å². The van der Waals surface area contributed by atoms with Gasteiger partial charge in [0, 0.05) is 22.7 Å². The molecule has 1 saturated carbocycles. The molecule has 1 fully saturated rings. The lowest BCUT2D eigenvalue weighted by Gasteiger charge is -2.27. The summed E-state index contributed by atoms with van der Waals surface area (Å²) in [5, 5.41) is 6.01. The number of benzene rings is 2. The highest BCUT2D eigenvalue weighted by Crippen LogP contribution is 2.24. The molecule has 5 nitrogen and oxygen atoms in total. The number of hydrogen-bond acceptors (Lipinski definition) is 4. The molecule has 3 rings (SSSR count). The van der Waals surface area contributed by atoms with Gasteiger partial charge < -0.3 is 16.4 Å². The predicted octanol–water partition coefficient (Wildman–Crippen LogP) is 4.15. The van der Waals surface area contributed by atoms with E-state index in [0.29, 0.717) is 5.56 Å². The Kier molecular flexibility index (Phi) is 9.01. The van der Waals surface area contributed by atoms with Gasteiger partial charge in [-0.1, -0.05) is 29.8 Å². The van der Waals surface area contributed by atoms with Gasteiger partial charge in [-0.2, -0.15) is 0 Å². The molecule has 0 aromatic heterocycles. The second-order valence-corrected chi connectivity index (χ2v) is 8.30. The number of thioether (sulfide) groups is 1. The first-order valence-corrected chi connectivity index (χ1v) is 10.6. The van der Waals surface area contributed by atoms with E-state index >= 15 is 0 Å². The van der Waals surface area contributed by atoms with Crippen LogP contribution >= 0.6 is 24.2 Å². The normalized spacial score (nSPS) is 18.4. The SMILES string of the molecule is Cc1ccc(NC(=O)CSc2ccccc2C(=O)NC2CCC(N)CC2)cc1.Cl. The summed E-state index contributed by atoms with van der Waals surface area (Å²) in [6.45, 7) is 2.01. The molecule has 7 heteroatoms. The number of hydrogen-bond donors (Lipinski definition) is 3. The number of amides is 2. The lowest BCUT2D eigenvalue weighted by atomic mass is 9.91. The van der Waals surface area contributed by atoms with E-state index in [1.807, 2.05) is 55.5 Å². The zero-order chi connectivity index (χ0) is 19.9. The average molecular weight is 434 g/mol. The van der Waals surface area contributed by atoms with Crippen molar-refractivity contribution in [3.8, 4) is 0 Å². The molecule has 0 bridgehead atoms. The summed E-state index contributed by atoms with van der Waals surface area (Å²) in [4.78, 5) is 25.8. The third kappa shape index (κ3) is 7.07. The molecule has 0 radical (unpaired) electrons. The van der Waals surface area contributed by atoms with E-state index in [1.54, 1.807) is 0 Å². The van der Waals surface area contributed by atoms with Crippen molar-refractivity contribution < 1.29 is 9.59 Å². The van der Waals surface area contributed by atoms with Gasteiger partial charge in [0.25, 0.3) is 5.91 Å². The minimum atomic E-state index is -0.0923. The zero-order valence-corrected chi connectivity index (χ0v) is 18.2. The molecular weight excluding hydrogens is 406 g/mol. The van der Waals surface area contributed by atoms with Gasteiger partial charge in [-0.15, -0.1) is 24.2 Å². The molecule has 1 aliphatic carbocycles. The van der Waals surface area contributed by atoms with Crippen molar-refractivity contribution in [3.63, 3.8) is 0 Å². The van der Waals surface area contributed by atoms with Gasteiger partial charge in [-0.25, -0.2) is 0 Å². The van der Waals surface area contributed by atoms with Crippen LogP contribution in [0.15, 0.2) is 53.4 Å². The molecular formula is C22H28ClN3O2S. The molecule has 156 valence electrons. The number of nitrogens with two attached hydrogens (primary N) is 1. The van der Waals surface area contributed by atoms with Crippen LogP contribution in [0, 0.1) is 6.92 Å². The van der Waals surface area contributed by atoms with Crippen molar-refractivity contribution in [2.24, 2.45) is 5.73 Å². The van der Waals surface area contributed by atoms with Crippen LogP contribution in [0.4, 0.5) is 5.69 Å². The molecule has 0 spiro atoms. The predicted molar refractivity (Wildman–Crippen MR) is 122 cm³/mol. The highest BCUT2D eigenvalue weighted by molar-refractivity contribution is 8.00. The van der Waals surface area contributed by atoms with Gasteiger partial charge in [0.15, 0.2) is 0 Å². The lowest BCUT2D eigenvalue weighted by molar-refractivity contribution is -0.113. The second-order valence-electron chi connectivity index (χ2n) is 7.28. The molecule has 2 aromatic rings. The maximum Gasteiger partial charge on any atom is 0.252 e. The van der Waals surface area contributed by atoms with Crippen molar-refractivity contribution in [1.29, 1.82) is 0 Å². The van der Waals surface area contributed by atoms with Crippen LogP contribution in [0.2, 0.25) is 0 Å². The molecule has 0 atom stereocenters. The Bertz CT molecular complexity index is 821. The maximum atomic E-state index is 12.7. The minimum absolute atomic E-state index is 0. The van der Waals surface area contributed by atoms with Gasteiger partial charge in [0.1, 0.15) is 0 Å². The van der Waals surface area contributed by atoms with Gasteiger partial charge in [-0.3, -0.25) is 9.59 Å². The fourth-order valence-corrected chi connectivity index (χ4v) is 4.13. The number of anilines is 1. The summed E-state index contributed by atoms with van der Waals surface area (Å²) in [5.74, 6) is 0.0732. The van der Waals surface area contributed by atoms with E-state index in [1.165, 1.54) is 11.8 Å². The molecule has 29 heavy (non-hydrogen) atoms. The molecule has 1 aliphatic rings. The van der Waals surface area contributed by atoms with Crippen LogP contribution in [0.5, 0.6) is 0 Å². The standard InChI is InChI=1S/C22H27N3O2S.ClH/c1-15-6-10-17(11-7-15)24-21(26)14-28-20-5-3-2-4-19(20)22(27)25-18-12-8-16(23)9-13-18;/h2-7,10-11,16,18H,8-9,12-14,23H2,1H3,(H,24,26)(H,25,27);1H. The van der Waals surface area contributed by atoms with Crippen LogP contribution in [0.1, 0.15) is 41.6 Å². The second kappa shape index (κ2) is 11.2. The molecule has 0 saturated heterocycles. The third-order valence-corrected chi connectivity index (χ3v) is 6.01. The topological polar surface area (TPSA) is 84.2 Å². The first-order valence-electron chi connectivity index (χ1n) is 9.66. The summed E-state index contributed by atoms with van der Waals surface area (Å²) < 4.78 is 0. The van der Waals surface area contributed by atoms with E-state index in [9.17, 15) is 9.59 Å². The molecule has 0 aliphatic heterocycles. The van der Waals surface area contributed by atoms with Gasteiger partial charge in [0.2, 0.25) is 5.91 Å². The maximum absolute atomic E-state index is 12.7. The minimum Gasteiger partial charge on any atom is -0.349 e. The van der Waals surface area contributed by atoms with Crippen LogP contribution < -0.4 is 16.4 Å². The van der Waals surface area contributed by atoms with Crippen LogP contribution in [0.3, 0.4) is 0 Å². The monoisotopic (exact) mass is 433 g/mol. The Morgan fingerprint density at radius 2 is 1.69 bits per heavy atom. The number of rotatable bonds is 6. The number of nitrogens with one attached hydrogen (secondary N) is 2. The highest BCUT2D eigenvalue weighted by atomic mass is 35.5. The number of carbonyl (C=O) groups excluding carboxylic acids is 2. The van der Waals surface area contributed by atoms with Crippen LogP contribution in [-0.2, 0) is 4.79 Å². The summed E-state index contributed by atoms with van der Waals surface area (Å²) in [5.41, 5.74) is 8.48. The highest BCUT2D eigenvalue weighted by Gasteiger charge is 2.21. The summed E-state index contributed by atoms with van der Waals surface area (Å²) in [6, 6.07) is 15.5.